The van der Waals surface area contributed by atoms with E-state index in [2.05, 4.69) is 25.1 Å². The van der Waals surface area contributed by atoms with Crippen LogP contribution in [0.25, 0.3) is 0 Å². The van der Waals surface area contributed by atoms with Crippen molar-refractivity contribution in [2.24, 2.45) is 5.73 Å². The third-order valence-corrected chi connectivity index (χ3v) is 3.18. The molecule has 14 heavy (non-hydrogen) atoms. The van der Waals surface area contributed by atoms with Gasteiger partial charge < -0.3 is 5.73 Å². The molecule has 1 aliphatic carbocycles. The van der Waals surface area contributed by atoms with Gasteiger partial charge in [-0.3, -0.25) is 0 Å². The molecule has 1 aromatic rings. The molecule has 0 saturated carbocycles. The van der Waals surface area contributed by atoms with E-state index in [1.807, 2.05) is 0 Å². The molecule has 0 amide bonds. The number of aryl methyl sites for hydroxylation is 1. The molecule has 0 radical (unpaired) electrons. The van der Waals surface area contributed by atoms with E-state index in [0.29, 0.717) is 0 Å². The summed E-state index contributed by atoms with van der Waals surface area (Å²) >= 11 is 0. The third kappa shape index (κ3) is 1.69. The number of hydrogen-bond donors (Lipinski definition) is 1. The summed E-state index contributed by atoms with van der Waals surface area (Å²) in [7, 11) is 0. The van der Waals surface area contributed by atoms with E-state index in [9.17, 15) is 0 Å². The van der Waals surface area contributed by atoms with Gasteiger partial charge in [0.05, 0.1) is 0 Å². The fourth-order valence-corrected chi connectivity index (χ4v) is 2.46. The smallest absolute Gasteiger partial charge is 0.0297 e. The lowest BCUT2D eigenvalue weighted by Gasteiger charge is -2.15. The molecule has 0 fully saturated rings. The minimum Gasteiger partial charge on any atom is -0.324 e. The van der Waals surface area contributed by atoms with Crippen LogP contribution >= 0.6 is 0 Å². The summed E-state index contributed by atoms with van der Waals surface area (Å²) in [6.45, 7) is 2.20. The second-order valence-corrected chi connectivity index (χ2v) is 4.23. The van der Waals surface area contributed by atoms with E-state index >= 15 is 0 Å². The van der Waals surface area contributed by atoms with E-state index in [-0.39, 0.29) is 6.04 Å². The molecular formula is C13H19N. The Morgan fingerprint density at radius 2 is 2.21 bits per heavy atom. The maximum atomic E-state index is 6.18. The Hall–Kier alpha value is -0.820. The minimum absolute atomic E-state index is 0.257. The first-order valence-electron chi connectivity index (χ1n) is 5.69. The van der Waals surface area contributed by atoms with Gasteiger partial charge in [0, 0.05) is 6.04 Å². The lowest BCUT2D eigenvalue weighted by atomic mass is 9.95. The fourth-order valence-electron chi connectivity index (χ4n) is 2.46. The van der Waals surface area contributed by atoms with Crippen molar-refractivity contribution in [3.05, 3.63) is 34.9 Å². The summed E-state index contributed by atoms with van der Waals surface area (Å²) in [6.07, 6.45) is 6.08. The van der Waals surface area contributed by atoms with Gasteiger partial charge in [-0.15, -0.1) is 0 Å². The molecule has 0 bridgehead atoms. The molecule has 0 aliphatic heterocycles. The maximum Gasteiger partial charge on any atom is 0.0297 e. The topological polar surface area (TPSA) is 26.0 Å². The van der Waals surface area contributed by atoms with Gasteiger partial charge in [0.1, 0.15) is 0 Å². The predicted octanol–water partition coefficient (Wildman–Crippen LogP) is 2.98. The van der Waals surface area contributed by atoms with Crippen molar-refractivity contribution < 1.29 is 0 Å². The molecule has 1 atom stereocenters. The van der Waals surface area contributed by atoms with Crippen LogP contribution in [0.15, 0.2) is 18.2 Å². The number of hydrogen-bond acceptors (Lipinski definition) is 1. The highest BCUT2D eigenvalue weighted by Crippen LogP contribution is 2.29. The molecule has 1 heteroatoms. The molecule has 1 nitrogen and oxygen atoms in total. The maximum absolute atomic E-state index is 6.18. The van der Waals surface area contributed by atoms with E-state index in [4.69, 9.17) is 5.73 Å². The van der Waals surface area contributed by atoms with Gasteiger partial charge in [0.25, 0.3) is 0 Å². The molecule has 76 valence electrons. The van der Waals surface area contributed by atoms with Gasteiger partial charge in [-0.1, -0.05) is 31.5 Å². The zero-order chi connectivity index (χ0) is 9.97. The normalized spacial score (nSPS) is 16.7. The first-order valence-corrected chi connectivity index (χ1v) is 5.69. The Labute approximate surface area is 86.3 Å². The van der Waals surface area contributed by atoms with Crippen LogP contribution in [-0.4, -0.2) is 0 Å². The van der Waals surface area contributed by atoms with Gasteiger partial charge in [-0.2, -0.15) is 0 Å². The highest BCUT2D eigenvalue weighted by Gasteiger charge is 2.17. The SMILES string of the molecule is CCC[C@H](N)c1cccc2c1CCC2. The molecule has 0 saturated heterocycles. The average Bonchev–Trinajstić information content (AvgIpc) is 2.65. The summed E-state index contributed by atoms with van der Waals surface area (Å²) in [6, 6.07) is 6.89. The second kappa shape index (κ2) is 4.14. The summed E-state index contributed by atoms with van der Waals surface area (Å²) < 4.78 is 0. The van der Waals surface area contributed by atoms with Crippen molar-refractivity contribution >= 4 is 0 Å². The van der Waals surface area contributed by atoms with Crippen molar-refractivity contribution in [2.45, 2.75) is 45.1 Å². The first-order chi connectivity index (χ1) is 6.83. The fraction of sp³-hybridized carbons (Fsp3) is 0.538. The van der Waals surface area contributed by atoms with E-state index in [0.717, 1.165) is 6.42 Å². The second-order valence-electron chi connectivity index (χ2n) is 4.23. The zero-order valence-electron chi connectivity index (χ0n) is 8.92. The van der Waals surface area contributed by atoms with Gasteiger partial charge in [0.15, 0.2) is 0 Å². The van der Waals surface area contributed by atoms with Crippen molar-refractivity contribution in [2.75, 3.05) is 0 Å². The lowest BCUT2D eigenvalue weighted by molar-refractivity contribution is 0.633. The molecule has 2 N–H and O–H groups in total. The summed E-state index contributed by atoms with van der Waals surface area (Å²) in [5.41, 5.74) is 10.7. The van der Waals surface area contributed by atoms with Gasteiger partial charge >= 0.3 is 0 Å². The number of nitrogens with two attached hydrogens (primary N) is 1. The molecular weight excluding hydrogens is 170 g/mol. The molecule has 0 spiro atoms. The molecule has 2 rings (SSSR count). The Morgan fingerprint density at radius 3 is 3.00 bits per heavy atom. The van der Waals surface area contributed by atoms with E-state index < -0.39 is 0 Å². The van der Waals surface area contributed by atoms with Crippen LogP contribution in [0.5, 0.6) is 0 Å². The predicted molar refractivity (Wildman–Crippen MR) is 60.3 cm³/mol. The largest absolute Gasteiger partial charge is 0.324 e. The highest BCUT2D eigenvalue weighted by molar-refractivity contribution is 5.40. The van der Waals surface area contributed by atoms with Crippen LogP contribution in [0.2, 0.25) is 0 Å². The quantitative estimate of drug-likeness (QED) is 0.777. The van der Waals surface area contributed by atoms with E-state index in [1.165, 1.54) is 36.8 Å². The van der Waals surface area contributed by atoms with Crippen LogP contribution in [0.4, 0.5) is 0 Å². The van der Waals surface area contributed by atoms with Gasteiger partial charge in [-0.25, -0.2) is 0 Å². The van der Waals surface area contributed by atoms with Crippen molar-refractivity contribution in [1.29, 1.82) is 0 Å². The van der Waals surface area contributed by atoms with Crippen molar-refractivity contribution in [3.63, 3.8) is 0 Å². The molecule has 0 unspecified atom stereocenters. The summed E-state index contributed by atoms with van der Waals surface area (Å²) in [5.74, 6) is 0. The summed E-state index contributed by atoms with van der Waals surface area (Å²) in [4.78, 5) is 0. The van der Waals surface area contributed by atoms with Crippen LogP contribution in [0.3, 0.4) is 0 Å². The average molecular weight is 189 g/mol. The molecule has 1 aromatic carbocycles. The number of fused-ring (bicyclic) bond motifs is 1. The van der Waals surface area contributed by atoms with Crippen LogP contribution in [0, 0.1) is 0 Å². The molecule has 0 aromatic heterocycles. The van der Waals surface area contributed by atoms with Gasteiger partial charge in [0.2, 0.25) is 0 Å². The monoisotopic (exact) mass is 189 g/mol. The van der Waals surface area contributed by atoms with Gasteiger partial charge in [-0.05, 0) is 42.4 Å². The van der Waals surface area contributed by atoms with Crippen molar-refractivity contribution in [3.8, 4) is 0 Å². The Balaban J connectivity index is 2.29. The first kappa shape index (κ1) is 9.72. The minimum atomic E-state index is 0.257. The Kier molecular flexibility index (Phi) is 2.87. The highest BCUT2D eigenvalue weighted by atomic mass is 14.6. The van der Waals surface area contributed by atoms with Crippen molar-refractivity contribution in [1.82, 2.24) is 0 Å². The Morgan fingerprint density at radius 1 is 1.36 bits per heavy atom. The molecule has 1 aliphatic rings. The molecule has 0 heterocycles. The Bertz CT molecular complexity index is 317. The van der Waals surface area contributed by atoms with Crippen LogP contribution in [0.1, 0.15) is 48.9 Å². The lowest BCUT2D eigenvalue weighted by Crippen LogP contribution is -2.12. The summed E-state index contributed by atoms with van der Waals surface area (Å²) in [5, 5.41) is 0. The third-order valence-electron chi connectivity index (χ3n) is 3.18. The zero-order valence-corrected chi connectivity index (χ0v) is 8.92. The van der Waals surface area contributed by atoms with Crippen LogP contribution < -0.4 is 5.73 Å². The van der Waals surface area contributed by atoms with E-state index in [1.54, 1.807) is 5.56 Å². The van der Waals surface area contributed by atoms with Crippen LogP contribution in [-0.2, 0) is 12.8 Å². The number of rotatable bonds is 3. The number of benzene rings is 1. The standard InChI is InChI=1S/C13H19N/c1-2-5-13(14)12-9-4-7-10-6-3-8-11(10)12/h4,7,9,13H,2-3,5-6,8,14H2,1H3/t13-/m0/s1.